The minimum absolute atomic E-state index is 0.0249. The number of halogens is 5. The van der Waals surface area contributed by atoms with Gasteiger partial charge < -0.3 is 15.5 Å². The van der Waals surface area contributed by atoms with Gasteiger partial charge in [-0.25, -0.2) is 4.79 Å². The number of rotatable bonds is 7. The molecule has 0 aromatic heterocycles. The molecule has 3 aromatic carbocycles. The predicted molar refractivity (Wildman–Crippen MR) is 148 cm³/mol. The monoisotopic (exact) mass is 563 g/mol. The lowest BCUT2D eigenvalue weighted by Crippen LogP contribution is -2.49. The normalized spacial score (nSPS) is 15.7. The predicted octanol–water partition coefficient (Wildman–Crippen LogP) is 8.24. The first-order chi connectivity index (χ1) is 18.1. The first kappa shape index (κ1) is 28.3. The van der Waals surface area contributed by atoms with E-state index < -0.39 is 22.8 Å². The highest BCUT2D eigenvalue weighted by Crippen LogP contribution is 2.38. The summed E-state index contributed by atoms with van der Waals surface area (Å²) in [6.07, 6.45) is -1.84. The van der Waals surface area contributed by atoms with Gasteiger partial charge >= 0.3 is 12.2 Å². The molecule has 202 valence electrons. The number of amides is 2. The lowest BCUT2D eigenvalue weighted by molar-refractivity contribution is -0.137. The molecule has 0 unspecified atom stereocenters. The molecule has 1 fully saturated rings. The van der Waals surface area contributed by atoms with Gasteiger partial charge in [-0.15, -0.1) is 0 Å². The Morgan fingerprint density at radius 3 is 2.32 bits per heavy atom. The minimum atomic E-state index is -4.61. The van der Waals surface area contributed by atoms with E-state index in [0.29, 0.717) is 11.6 Å². The number of benzene rings is 3. The van der Waals surface area contributed by atoms with Crippen LogP contribution in [0.15, 0.2) is 66.7 Å². The van der Waals surface area contributed by atoms with Crippen LogP contribution in [0.2, 0.25) is 10.0 Å². The summed E-state index contributed by atoms with van der Waals surface area (Å²) in [6.45, 7) is 5.34. The van der Waals surface area contributed by atoms with Gasteiger partial charge in [-0.1, -0.05) is 66.5 Å². The van der Waals surface area contributed by atoms with Gasteiger partial charge in [-0.2, -0.15) is 13.2 Å². The summed E-state index contributed by atoms with van der Waals surface area (Å²) in [6, 6.07) is 18.8. The first-order valence-electron chi connectivity index (χ1n) is 12.6. The number of hydrogen-bond donors (Lipinski definition) is 2. The van der Waals surface area contributed by atoms with Crippen LogP contribution in [0.25, 0.3) is 11.1 Å². The maximum atomic E-state index is 13.2. The summed E-state index contributed by atoms with van der Waals surface area (Å²) in [5.41, 5.74) is 1.92. The summed E-state index contributed by atoms with van der Waals surface area (Å²) < 4.78 is 39.6. The fourth-order valence-corrected chi connectivity index (χ4v) is 5.43. The van der Waals surface area contributed by atoms with Crippen LogP contribution < -0.4 is 10.6 Å². The molecule has 4 rings (SSSR count). The Morgan fingerprint density at radius 1 is 0.974 bits per heavy atom. The Morgan fingerprint density at radius 2 is 1.68 bits per heavy atom. The number of urea groups is 1. The summed E-state index contributed by atoms with van der Waals surface area (Å²) in [7, 11) is 0. The maximum Gasteiger partial charge on any atom is 0.417 e. The molecule has 9 heteroatoms. The Bertz CT molecular complexity index is 1260. The Kier molecular flexibility index (Phi) is 8.91. The second-order valence-electron chi connectivity index (χ2n) is 9.71. The molecule has 0 saturated carbocycles. The molecule has 0 bridgehead atoms. The highest BCUT2D eigenvalue weighted by molar-refractivity contribution is 6.31. The molecule has 0 radical (unpaired) electrons. The third kappa shape index (κ3) is 6.82. The highest BCUT2D eigenvalue weighted by atomic mass is 35.5. The van der Waals surface area contributed by atoms with Crippen molar-refractivity contribution in [3.8, 4) is 11.1 Å². The van der Waals surface area contributed by atoms with Gasteiger partial charge in [0.1, 0.15) is 0 Å². The quantitative estimate of drug-likeness (QED) is 0.304. The summed E-state index contributed by atoms with van der Waals surface area (Å²) in [5, 5.41) is 5.69. The van der Waals surface area contributed by atoms with Gasteiger partial charge in [-0.3, -0.25) is 0 Å². The number of alkyl halides is 3. The first-order valence-corrected chi connectivity index (χ1v) is 13.4. The van der Waals surface area contributed by atoms with Gasteiger partial charge in [-0.05, 0) is 85.9 Å². The molecule has 0 aliphatic carbocycles. The lowest BCUT2D eigenvalue weighted by Gasteiger charge is -2.42. The van der Waals surface area contributed by atoms with E-state index in [-0.39, 0.29) is 11.1 Å². The zero-order valence-corrected chi connectivity index (χ0v) is 22.6. The number of piperidine rings is 1. The van der Waals surface area contributed by atoms with Crippen molar-refractivity contribution in [2.75, 3.05) is 31.5 Å². The highest BCUT2D eigenvalue weighted by Gasteiger charge is 2.37. The maximum absolute atomic E-state index is 13.2. The van der Waals surface area contributed by atoms with Crippen LogP contribution in [-0.4, -0.2) is 37.1 Å². The van der Waals surface area contributed by atoms with Crippen molar-refractivity contribution in [2.24, 2.45) is 0 Å². The largest absolute Gasteiger partial charge is 0.417 e. The molecule has 1 saturated heterocycles. The third-order valence-corrected chi connectivity index (χ3v) is 7.69. The standard InChI is InChI=1S/C29H30Cl2F3N3O/c1-2-14-37-15-12-28(13-16-37,22-8-6-20(7-9-22)21-4-3-5-23(30)17-21)19-35-27(38)36-24-10-11-26(31)25(18-24)29(32,33)34/h3-11,17-18H,2,12-16,19H2,1H3,(H2,35,36,38). The average Bonchev–Trinajstić information content (AvgIpc) is 2.89. The van der Waals surface area contributed by atoms with Crippen molar-refractivity contribution in [3.63, 3.8) is 0 Å². The van der Waals surface area contributed by atoms with Crippen LogP contribution in [0.5, 0.6) is 0 Å². The van der Waals surface area contributed by atoms with Crippen molar-refractivity contribution in [1.82, 2.24) is 10.2 Å². The number of nitrogens with one attached hydrogen (secondary N) is 2. The number of carbonyl (C=O) groups is 1. The molecule has 2 N–H and O–H groups in total. The second kappa shape index (κ2) is 12.0. The fraction of sp³-hybridized carbons (Fsp3) is 0.345. The van der Waals surface area contributed by atoms with Gasteiger partial charge in [0.2, 0.25) is 0 Å². The van der Waals surface area contributed by atoms with E-state index >= 15 is 0 Å². The van der Waals surface area contributed by atoms with Gasteiger partial charge in [0.05, 0.1) is 10.6 Å². The molecule has 4 nitrogen and oxygen atoms in total. The molecular weight excluding hydrogens is 534 g/mol. The average molecular weight is 564 g/mol. The minimum Gasteiger partial charge on any atom is -0.337 e. The molecular formula is C29H30Cl2F3N3O. The Labute approximate surface area is 231 Å². The van der Waals surface area contributed by atoms with E-state index in [9.17, 15) is 18.0 Å². The summed E-state index contributed by atoms with van der Waals surface area (Å²) >= 11 is 11.9. The molecule has 38 heavy (non-hydrogen) atoms. The summed E-state index contributed by atoms with van der Waals surface area (Å²) in [5.74, 6) is 0. The van der Waals surface area contributed by atoms with Gasteiger partial charge in [0, 0.05) is 22.7 Å². The SMILES string of the molecule is CCCN1CCC(CNC(=O)Nc2ccc(Cl)c(C(F)(F)F)c2)(c2ccc(-c3cccc(Cl)c3)cc2)CC1. The molecule has 2 amide bonds. The van der Waals surface area contributed by atoms with Crippen molar-refractivity contribution in [3.05, 3.63) is 87.9 Å². The fourth-order valence-electron chi connectivity index (χ4n) is 5.02. The van der Waals surface area contributed by atoms with Crippen molar-refractivity contribution in [1.29, 1.82) is 0 Å². The molecule has 1 aliphatic heterocycles. The zero-order valence-electron chi connectivity index (χ0n) is 21.0. The van der Waals surface area contributed by atoms with E-state index in [2.05, 4.69) is 46.7 Å². The number of hydrogen-bond acceptors (Lipinski definition) is 2. The third-order valence-electron chi connectivity index (χ3n) is 7.13. The zero-order chi connectivity index (χ0) is 27.3. The Hall–Kier alpha value is -2.74. The van der Waals surface area contributed by atoms with E-state index in [1.807, 2.05) is 24.3 Å². The van der Waals surface area contributed by atoms with Crippen molar-refractivity contribution in [2.45, 2.75) is 37.8 Å². The number of nitrogens with zero attached hydrogens (tertiary/aromatic N) is 1. The van der Waals surface area contributed by atoms with Gasteiger partial charge in [0.25, 0.3) is 0 Å². The molecule has 0 spiro atoms. The molecule has 1 aliphatic rings. The Balaban J connectivity index is 1.51. The van der Waals surface area contributed by atoms with Crippen molar-refractivity contribution < 1.29 is 18.0 Å². The van der Waals surface area contributed by atoms with Crippen LogP contribution in [-0.2, 0) is 11.6 Å². The lowest BCUT2D eigenvalue weighted by atomic mass is 9.72. The topological polar surface area (TPSA) is 44.4 Å². The smallest absolute Gasteiger partial charge is 0.337 e. The van der Waals surface area contributed by atoms with Crippen LogP contribution in [0.1, 0.15) is 37.3 Å². The van der Waals surface area contributed by atoms with E-state index in [0.717, 1.165) is 67.7 Å². The van der Waals surface area contributed by atoms with E-state index in [4.69, 9.17) is 23.2 Å². The van der Waals surface area contributed by atoms with Crippen LogP contribution >= 0.6 is 23.2 Å². The second-order valence-corrected chi connectivity index (χ2v) is 10.6. The van der Waals surface area contributed by atoms with E-state index in [1.54, 1.807) is 0 Å². The number of likely N-dealkylation sites (tertiary alicyclic amines) is 1. The number of carbonyl (C=O) groups excluding carboxylic acids is 1. The van der Waals surface area contributed by atoms with Crippen molar-refractivity contribution >= 4 is 34.9 Å². The molecule has 0 atom stereocenters. The molecule has 3 aromatic rings. The number of anilines is 1. The summed E-state index contributed by atoms with van der Waals surface area (Å²) in [4.78, 5) is 15.2. The van der Waals surface area contributed by atoms with Crippen LogP contribution in [0, 0.1) is 0 Å². The van der Waals surface area contributed by atoms with Crippen LogP contribution in [0.3, 0.4) is 0 Å². The van der Waals surface area contributed by atoms with E-state index in [1.165, 1.54) is 6.07 Å². The van der Waals surface area contributed by atoms with Crippen LogP contribution in [0.4, 0.5) is 23.7 Å². The van der Waals surface area contributed by atoms with Gasteiger partial charge in [0.15, 0.2) is 0 Å². The molecule has 1 heterocycles.